The molecule has 7 nitrogen and oxygen atoms in total. The van der Waals surface area contributed by atoms with E-state index in [1.165, 1.54) is 10.4 Å². The van der Waals surface area contributed by atoms with Gasteiger partial charge in [0.2, 0.25) is 0 Å². The second-order valence-corrected chi connectivity index (χ2v) is 8.11. The van der Waals surface area contributed by atoms with E-state index in [0.717, 1.165) is 51.8 Å². The topological polar surface area (TPSA) is 66.7 Å². The molecule has 0 aliphatic carbocycles. The Balaban J connectivity index is 1.62. The first-order valence-electron chi connectivity index (χ1n) is 10.1. The van der Waals surface area contributed by atoms with E-state index < -0.39 is 0 Å². The Morgan fingerprint density at radius 2 is 2.36 bits per heavy atom. The molecule has 2 N–H and O–H groups in total. The van der Waals surface area contributed by atoms with Gasteiger partial charge in [0.05, 0.1) is 38.0 Å². The van der Waals surface area contributed by atoms with Gasteiger partial charge in [-0.05, 0) is 37.8 Å². The minimum Gasteiger partial charge on any atom is -0.376 e. The number of nitrogens with one attached hydrogen (secondary N) is 2. The molecule has 0 aromatic carbocycles. The summed E-state index contributed by atoms with van der Waals surface area (Å²) in [5, 5.41) is 13.3. The Bertz CT molecular complexity index is 729. The molecule has 3 rings (SSSR count). The van der Waals surface area contributed by atoms with Gasteiger partial charge in [0.1, 0.15) is 0 Å². The third-order valence-corrected chi connectivity index (χ3v) is 5.72. The number of nitrogens with zero attached hydrogens (tertiary/aromatic N) is 4. The summed E-state index contributed by atoms with van der Waals surface area (Å²) in [6, 6.07) is 4.62. The molecule has 1 aliphatic rings. The first-order chi connectivity index (χ1) is 13.7. The summed E-state index contributed by atoms with van der Waals surface area (Å²) in [7, 11) is 0. The van der Waals surface area contributed by atoms with E-state index >= 15 is 0 Å². The molecule has 154 valence electrons. The molecule has 1 saturated heterocycles. The van der Waals surface area contributed by atoms with Gasteiger partial charge in [0.25, 0.3) is 0 Å². The van der Waals surface area contributed by atoms with Gasteiger partial charge in [0, 0.05) is 37.3 Å². The zero-order chi connectivity index (χ0) is 19.8. The number of hydrogen-bond donors (Lipinski definition) is 2. The molecule has 0 bridgehead atoms. The number of aliphatic imine (C=N–C) groups is 1. The number of hydrogen-bond acceptors (Lipinski definition) is 5. The Morgan fingerprint density at radius 1 is 1.46 bits per heavy atom. The van der Waals surface area contributed by atoms with Crippen LogP contribution in [0.1, 0.15) is 30.3 Å². The highest BCUT2D eigenvalue weighted by atomic mass is 32.1. The van der Waals surface area contributed by atoms with Crippen LogP contribution in [0.3, 0.4) is 0 Å². The van der Waals surface area contributed by atoms with Crippen LogP contribution in [0.15, 0.2) is 34.9 Å². The van der Waals surface area contributed by atoms with Crippen LogP contribution in [0, 0.1) is 6.92 Å². The molecule has 8 heteroatoms. The monoisotopic (exact) mass is 404 g/mol. The number of thiophene rings is 1. The Kier molecular flexibility index (Phi) is 7.88. The predicted octanol–water partition coefficient (Wildman–Crippen LogP) is 2.27. The first kappa shape index (κ1) is 20.8. The Hall–Kier alpha value is -1.90. The van der Waals surface area contributed by atoms with Gasteiger partial charge in [-0.3, -0.25) is 14.6 Å². The van der Waals surface area contributed by atoms with Crippen molar-refractivity contribution in [3.05, 3.63) is 40.3 Å². The second kappa shape index (κ2) is 10.6. The van der Waals surface area contributed by atoms with Crippen LogP contribution in [-0.2, 0) is 11.3 Å². The summed E-state index contributed by atoms with van der Waals surface area (Å²) in [5.74, 6) is 0.856. The Labute approximate surface area is 171 Å². The summed E-state index contributed by atoms with van der Waals surface area (Å²) in [5.41, 5.74) is 1.18. The summed E-state index contributed by atoms with van der Waals surface area (Å²) in [4.78, 5) is 8.76. The Morgan fingerprint density at radius 3 is 3.04 bits per heavy atom. The predicted molar refractivity (Wildman–Crippen MR) is 115 cm³/mol. The van der Waals surface area contributed by atoms with E-state index in [1.54, 1.807) is 11.3 Å². The van der Waals surface area contributed by atoms with E-state index in [-0.39, 0.29) is 12.1 Å². The lowest BCUT2D eigenvalue weighted by Crippen LogP contribution is -2.44. The molecular weight excluding hydrogens is 372 g/mol. The maximum absolute atomic E-state index is 5.73. The molecule has 1 aliphatic heterocycles. The maximum atomic E-state index is 5.73. The van der Waals surface area contributed by atoms with Gasteiger partial charge in [0.15, 0.2) is 5.96 Å². The number of ether oxygens (including phenoxy) is 1. The second-order valence-electron chi connectivity index (χ2n) is 7.13. The SMILES string of the molecule is CCNC(=NCC(c1cccs1)N1CCOC(C)C1)NCCn1cc(C)cn1. The maximum Gasteiger partial charge on any atom is 0.191 e. The number of rotatable bonds is 8. The van der Waals surface area contributed by atoms with Crippen LogP contribution in [-0.4, -0.2) is 66.1 Å². The van der Waals surface area contributed by atoms with Crippen LogP contribution in [0.2, 0.25) is 0 Å². The molecule has 2 atom stereocenters. The number of guanidine groups is 1. The summed E-state index contributed by atoms with van der Waals surface area (Å²) < 4.78 is 7.68. The third-order valence-electron chi connectivity index (χ3n) is 4.75. The largest absolute Gasteiger partial charge is 0.376 e. The fraction of sp³-hybridized carbons (Fsp3) is 0.600. The van der Waals surface area contributed by atoms with Crippen LogP contribution in [0.4, 0.5) is 0 Å². The molecule has 2 unspecified atom stereocenters. The molecule has 2 aromatic heterocycles. The van der Waals surface area contributed by atoms with Crippen molar-refractivity contribution in [2.45, 2.75) is 39.5 Å². The quantitative estimate of drug-likeness (QED) is 0.522. The lowest BCUT2D eigenvalue weighted by molar-refractivity contribution is -0.0327. The van der Waals surface area contributed by atoms with E-state index in [9.17, 15) is 0 Å². The van der Waals surface area contributed by atoms with E-state index in [2.05, 4.69) is 65.1 Å². The number of morpholine rings is 1. The fourth-order valence-corrected chi connectivity index (χ4v) is 4.24. The normalized spacial score (nSPS) is 19.5. The van der Waals surface area contributed by atoms with Gasteiger partial charge < -0.3 is 15.4 Å². The van der Waals surface area contributed by atoms with Gasteiger partial charge in [-0.15, -0.1) is 11.3 Å². The lowest BCUT2D eigenvalue weighted by atomic mass is 10.1. The average molecular weight is 405 g/mol. The van der Waals surface area contributed by atoms with Crippen LogP contribution in [0.5, 0.6) is 0 Å². The molecule has 0 saturated carbocycles. The third kappa shape index (κ3) is 6.05. The van der Waals surface area contributed by atoms with Crippen molar-refractivity contribution >= 4 is 17.3 Å². The zero-order valence-electron chi connectivity index (χ0n) is 17.1. The first-order valence-corrected chi connectivity index (χ1v) is 10.9. The van der Waals surface area contributed by atoms with Crippen molar-refractivity contribution in [3.63, 3.8) is 0 Å². The van der Waals surface area contributed by atoms with Crippen molar-refractivity contribution in [2.24, 2.45) is 4.99 Å². The van der Waals surface area contributed by atoms with Crippen molar-refractivity contribution in [1.82, 2.24) is 25.3 Å². The fourth-order valence-electron chi connectivity index (χ4n) is 3.39. The molecule has 28 heavy (non-hydrogen) atoms. The standard InChI is InChI=1S/C20H32N6OS/c1-4-21-20(22-7-8-26-14-16(2)12-24-26)23-13-18(19-6-5-11-28-19)25-9-10-27-17(3)15-25/h5-6,11-12,14,17-18H,4,7-10,13,15H2,1-3H3,(H2,21,22,23). The van der Waals surface area contributed by atoms with Crippen LogP contribution in [0.25, 0.3) is 0 Å². The van der Waals surface area contributed by atoms with Crippen LogP contribution < -0.4 is 10.6 Å². The number of aryl methyl sites for hydroxylation is 1. The summed E-state index contributed by atoms with van der Waals surface area (Å²) >= 11 is 1.80. The van der Waals surface area contributed by atoms with E-state index in [4.69, 9.17) is 9.73 Å². The molecule has 0 amide bonds. The van der Waals surface area contributed by atoms with E-state index in [0.29, 0.717) is 0 Å². The molecule has 0 spiro atoms. The summed E-state index contributed by atoms with van der Waals surface area (Å²) in [6.07, 6.45) is 4.20. The molecule has 1 fully saturated rings. The highest BCUT2D eigenvalue weighted by Gasteiger charge is 2.26. The molecule has 0 radical (unpaired) electrons. The van der Waals surface area contributed by atoms with Gasteiger partial charge in [-0.1, -0.05) is 6.07 Å². The molecule has 3 heterocycles. The highest BCUT2D eigenvalue weighted by Crippen LogP contribution is 2.27. The van der Waals surface area contributed by atoms with E-state index in [1.807, 2.05) is 10.9 Å². The summed E-state index contributed by atoms with van der Waals surface area (Å²) in [6.45, 7) is 12.1. The van der Waals surface area contributed by atoms with Crippen molar-refractivity contribution in [3.8, 4) is 0 Å². The average Bonchev–Trinajstić information content (AvgIpc) is 3.34. The molecular formula is C20H32N6OS. The van der Waals surface area contributed by atoms with Crippen molar-refractivity contribution in [2.75, 3.05) is 39.3 Å². The smallest absolute Gasteiger partial charge is 0.191 e. The van der Waals surface area contributed by atoms with Crippen molar-refractivity contribution in [1.29, 1.82) is 0 Å². The minimum atomic E-state index is 0.268. The zero-order valence-corrected chi connectivity index (χ0v) is 17.9. The highest BCUT2D eigenvalue weighted by molar-refractivity contribution is 7.10. The molecule has 2 aromatic rings. The van der Waals surface area contributed by atoms with Crippen molar-refractivity contribution < 1.29 is 4.74 Å². The van der Waals surface area contributed by atoms with Crippen LogP contribution >= 0.6 is 11.3 Å². The van der Waals surface area contributed by atoms with Gasteiger partial charge in [-0.25, -0.2) is 0 Å². The number of aromatic nitrogens is 2. The lowest BCUT2D eigenvalue weighted by Gasteiger charge is -2.36. The van der Waals surface area contributed by atoms with Gasteiger partial charge in [-0.2, -0.15) is 5.10 Å². The minimum absolute atomic E-state index is 0.268. The van der Waals surface area contributed by atoms with Gasteiger partial charge >= 0.3 is 0 Å².